The van der Waals surface area contributed by atoms with Crippen LogP contribution >= 0.6 is 0 Å². The molecule has 0 aliphatic heterocycles. The standard InChI is InChI=1S/C9H15N3/c1-11(9-3-4-9)6-8-5-10-12(2)7-8/h5,7,9H,3-4,6H2,1-2H3. The first kappa shape index (κ1) is 7.80. The van der Waals surface area contributed by atoms with Crippen LogP contribution in [0.4, 0.5) is 0 Å². The second-order valence-corrected chi connectivity index (χ2v) is 3.67. The molecule has 1 heterocycles. The molecule has 0 saturated heterocycles. The zero-order valence-corrected chi connectivity index (χ0v) is 7.70. The van der Waals surface area contributed by atoms with E-state index in [4.69, 9.17) is 0 Å². The van der Waals surface area contributed by atoms with Gasteiger partial charge >= 0.3 is 0 Å². The summed E-state index contributed by atoms with van der Waals surface area (Å²) < 4.78 is 1.86. The molecule has 1 aromatic heterocycles. The summed E-state index contributed by atoms with van der Waals surface area (Å²) in [6.45, 7) is 1.04. The Morgan fingerprint density at radius 3 is 2.92 bits per heavy atom. The van der Waals surface area contributed by atoms with E-state index in [9.17, 15) is 0 Å². The normalized spacial score (nSPS) is 17.2. The predicted octanol–water partition coefficient (Wildman–Crippen LogP) is 1.01. The molecule has 0 aromatic carbocycles. The summed E-state index contributed by atoms with van der Waals surface area (Å²) >= 11 is 0. The second kappa shape index (κ2) is 2.90. The van der Waals surface area contributed by atoms with E-state index >= 15 is 0 Å². The Morgan fingerprint density at radius 2 is 2.42 bits per heavy atom. The van der Waals surface area contributed by atoms with E-state index in [0.29, 0.717) is 0 Å². The highest BCUT2D eigenvalue weighted by Gasteiger charge is 2.25. The molecule has 0 amide bonds. The maximum atomic E-state index is 4.14. The highest BCUT2D eigenvalue weighted by Crippen LogP contribution is 2.26. The first-order chi connectivity index (χ1) is 5.75. The molecular formula is C9H15N3. The van der Waals surface area contributed by atoms with Crippen molar-refractivity contribution in [3.05, 3.63) is 18.0 Å². The van der Waals surface area contributed by atoms with Gasteiger partial charge in [-0.3, -0.25) is 9.58 Å². The van der Waals surface area contributed by atoms with Gasteiger partial charge in [0.2, 0.25) is 0 Å². The fourth-order valence-electron chi connectivity index (χ4n) is 1.49. The van der Waals surface area contributed by atoms with E-state index in [0.717, 1.165) is 12.6 Å². The van der Waals surface area contributed by atoms with E-state index in [2.05, 4.69) is 23.2 Å². The maximum Gasteiger partial charge on any atom is 0.0534 e. The lowest BCUT2D eigenvalue weighted by Gasteiger charge is -2.13. The highest BCUT2D eigenvalue weighted by atomic mass is 15.2. The molecule has 0 atom stereocenters. The lowest BCUT2D eigenvalue weighted by molar-refractivity contribution is 0.316. The third-order valence-electron chi connectivity index (χ3n) is 2.36. The minimum atomic E-state index is 0.838. The van der Waals surface area contributed by atoms with Crippen molar-refractivity contribution in [2.75, 3.05) is 7.05 Å². The van der Waals surface area contributed by atoms with Crippen molar-refractivity contribution in [2.24, 2.45) is 7.05 Å². The molecule has 3 nitrogen and oxygen atoms in total. The van der Waals surface area contributed by atoms with E-state index < -0.39 is 0 Å². The van der Waals surface area contributed by atoms with Gasteiger partial charge in [0.05, 0.1) is 6.20 Å². The van der Waals surface area contributed by atoms with Crippen LogP contribution in [0, 0.1) is 0 Å². The lowest BCUT2D eigenvalue weighted by Crippen LogP contribution is -2.19. The molecule has 1 aliphatic rings. The molecule has 0 unspecified atom stereocenters. The van der Waals surface area contributed by atoms with Crippen LogP contribution in [-0.2, 0) is 13.6 Å². The molecule has 3 heteroatoms. The van der Waals surface area contributed by atoms with E-state index in [1.54, 1.807) is 0 Å². The Balaban J connectivity index is 1.93. The Hall–Kier alpha value is -0.830. The molecule has 66 valence electrons. The number of aromatic nitrogens is 2. The van der Waals surface area contributed by atoms with Gasteiger partial charge in [-0.2, -0.15) is 5.10 Å². The molecule has 1 aliphatic carbocycles. The van der Waals surface area contributed by atoms with Crippen molar-refractivity contribution in [2.45, 2.75) is 25.4 Å². The molecule has 0 spiro atoms. The van der Waals surface area contributed by atoms with Crippen molar-refractivity contribution in [1.29, 1.82) is 0 Å². The lowest BCUT2D eigenvalue weighted by atomic mass is 10.3. The first-order valence-electron chi connectivity index (χ1n) is 4.43. The van der Waals surface area contributed by atoms with Crippen molar-refractivity contribution >= 4 is 0 Å². The van der Waals surface area contributed by atoms with Crippen LogP contribution in [0.15, 0.2) is 12.4 Å². The molecule has 1 aromatic rings. The quantitative estimate of drug-likeness (QED) is 0.666. The Bertz CT molecular complexity index is 262. The van der Waals surface area contributed by atoms with E-state index in [-0.39, 0.29) is 0 Å². The summed E-state index contributed by atoms with van der Waals surface area (Å²) in [6, 6.07) is 0.838. The van der Waals surface area contributed by atoms with Gasteiger partial charge in [-0.15, -0.1) is 0 Å². The van der Waals surface area contributed by atoms with Crippen molar-refractivity contribution in [3.63, 3.8) is 0 Å². The number of hydrogen-bond donors (Lipinski definition) is 0. The zero-order chi connectivity index (χ0) is 8.55. The van der Waals surface area contributed by atoms with Crippen LogP contribution in [0.5, 0.6) is 0 Å². The van der Waals surface area contributed by atoms with Crippen LogP contribution in [0.1, 0.15) is 18.4 Å². The summed E-state index contributed by atoms with van der Waals surface area (Å²) in [6.07, 6.45) is 6.77. The average molecular weight is 165 g/mol. The Morgan fingerprint density at radius 1 is 1.67 bits per heavy atom. The number of nitrogens with zero attached hydrogens (tertiary/aromatic N) is 3. The Kier molecular flexibility index (Phi) is 1.89. The van der Waals surface area contributed by atoms with Crippen molar-refractivity contribution in [1.82, 2.24) is 14.7 Å². The average Bonchev–Trinajstić information content (AvgIpc) is 2.78. The van der Waals surface area contributed by atoms with Crippen LogP contribution in [0.2, 0.25) is 0 Å². The van der Waals surface area contributed by atoms with Crippen LogP contribution < -0.4 is 0 Å². The molecule has 0 radical (unpaired) electrons. The summed E-state index contributed by atoms with van der Waals surface area (Å²) in [5.41, 5.74) is 1.31. The number of aryl methyl sites for hydroxylation is 1. The fourth-order valence-corrected chi connectivity index (χ4v) is 1.49. The van der Waals surface area contributed by atoms with Crippen LogP contribution in [-0.4, -0.2) is 27.8 Å². The van der Waals surface area contributed by atoms with Gasteiger partial charge in [-0.05, 0) is 19.9 Å². The third-order valence-corrected chi connectivity index (χ3v) is 2.36. The molecule has 12 heavy (non-hydrogen) atoms. The number of rotatable bonds is 3. The van der Waals surface area contributed by atoms with Crippen molar-refractivity contribution in [3.8, 4) is 0 Å². The SMILES string of the molecule is CN(Cc1cnn(C)c1)C1CC1. The zero-order valence-electron chi connectivity index (χ0n) is 7.70. The number of hydrogen-bond acceptors (Lipinski definition) is 2. The topological polar surface area (TPSA) is 21.1 Å². The van der Waals surface area contributed by atoms with Gasteiger partial charge in [0.1, 0.15) is 0 Å². The van der Waals surface area contributed by atoms with Crippen LogP contribution in [0.25, 0.3) is 0 Å². The molecule has 1 fully saturated rings. The maximum absolute atomic E-state index is 4.14. The highest BCUT2D eigenvalue weighted by molar-refractivity contribution is 5.04. The summed E-state index contributed by atoms with van der Waals surface area (Å²) in [5, 5.41) is 4.14. The monoisotopic (exact) mass is 165 g/mol. The minimum Gasteiger partial charge on any atom is -0.299 e. The Labute approximate surface area is 73.0 Å². The summed E-state index contributed by atoms with van der Waals surface area (Å²) in [5.74, 6) is 0. The largest absolute Gasteiger partial charge is 0.299 e. The van der Waals surface area contributed by atoms with Gasteiger partial charge < -0.3 is 0 Å². The third kappa shape index (κ3) is 1.67. The smallest absolute Gasteiger partial charge is 0.0534 e. The van der Waals surface area contributed by atoms with Gasteiger partial charge in [-0.1, -0.05) is 0 Å². The van der Waals surface area contributed by atoms with Gasteiger partial charge in [-0.25, -0.2) is 0 Å². The minimum absolute atomic E-state index is 0.838. The fraction of sp³-hybridized carbons (Fsp3) is 0.667. The summed E-state index contributed by atoms with van der Waals surface area (Å²) in [4.78, 5) is 2.40. The molecule has 0 bridgehead atoms. The van der Waals surface area contributed by atoms with Gasteiger partial charge in [0.15, 0.2) is 0 Å². The van der Waals surface area contributed by atoms with Crippen molar-refractivity contribution < 1.29 is 0 Å². The second-order valence-electron chi connectivity index (χ2n) is 3.67. The van der Waals surface area contributed by atoms with Gasteiger partial charge in [0, 0.05) is 31.4 Å². The molecule has 2 rings (SSSR count). The van der Waals surface area contributed by atoms with E-state index in [1.165, 1.54) is 18.4 Å². The summed E-state index contributed by atoms with van der Waals surface area (Å²) in [7, 11) is 4.14. The first-order valence-corrected chi connectivity index (χ1v) is 4.43. The molecule has 1 saturated carbocycles. The molecule has 0 N–H and O–H groups in total. The van der Waals surface area contributed by atoms with Crippen LogP contribution in [0.3, 0.4) is 0 Å². The molecular weight excluding hydrogens is 150 g/mol. The predicted molar refractivity (Wildman–Crippen MR) is 47.7 cm³/mol. The van der Waals surface area contributed by atoms with E-state index in [1.807, 2.05) is 17.9 Å². The van der Waals surface area contributed by atoms with Gasteiger partial charge in [0.25, 0.3) is 0 Å².